The zero-order chi connectivity index (χ0) is 12.8. The molecule has 7 nitrogen and oxygen atoms in total. The number of nitrogens with two attached hydrogens (primary N) is 1. The summed E-state index contributed by atoms with van der Waals surface area (Å²) >= 11 is 0. The molecular formula is C11H20N6O. The van der Waals surface area contributed by atoms with E-state index in [1.807, 2.05) is 4.90 Å². The van der Waals surface area contributed by atoms with Gasteiger partial charge >= 0.3 is 0 Å². The third kappa shape index (κ3) is 3.27. The molecule has 18 heavy (non-hydrogen) atoms. The lowest BCUT2D eigenvalue weighted by Crippen LogP contribution is -2.49. The summed E-state index contributed by atoms with van der Waals surface area (Å²) in [6.45, 7) is 5.19. The Hall–Kier alpha value is -1.47. The number of amides is 1. The van der Waals surface area contributed by atoms with Gasteiger partial charge in [0, 0.05) is 26.2 Å². The molecule has 1 aliphatic heterocycles. The summed E-state index contributed by atoms with van der Waals surface area (Å²) in [5.74, 6) is -0.0367. The summed E-state index contributed by atoms with van der Waals surface area (Å²) in [5.41, 5.74) is 5.87. The highest BCUT2D eigenvalue weighted by molar-refractivity contribution is 5.91. The van der Waals surface area contributed by atoms with Crippen molar-refractivity contribution in [2.75, 3.05) is 39.3 Å². The molecule has 2 rings (SSSR count). The molecule has 1 saturated heterocycles. The second-order valence-electron chi connectivity index (χ2n) is 4.48. The predicted octanol–water partition coefficient (Wildman–Crippen LogP) is -0.699. The summed E-state index contributed by atoms with van der Waals surface area (Å²) in [6, 6.07) is 0. The zero-order valence-electron chi connectivity index (χ0n) is 10.5. The number of rotatable bonds is 5. The third-order valence-corrected chi connectivity index (χ3v) is 3.22. The standard InChI is InChI=1S/C11H20N6O/c12-3-1-2-4-16-5-7-17(8-6-16)11(18)10-9-13-15-14-10/h9H,1-8,12H2,(H,13,14,15). The van der Waals surface area contributed by atoms with E-state index in [1.165, 1.54) is 6.20 Å². The van der Waals surface area contributed by atoms with Crippen LogP contribution >= 0.6 is 0 Å². The minimum absolute atomic E-state index is 0.0367. The number of unbranched alkanes of at least 4 members (excludes halogenated alkanes) is 1. The van der Waals surface area contributed by atoms with Crippen molar-refractivity contribution in [2.24, 2.45) is 5.73 Å². The minimum atomic E-state index is -0.0367. The molecule has 1 aromatic heterocycles. The molecule has 0 radical (unpaired) electrons. The van der Waals surface area contributed by atoms with Gasteiger partial charge in [-0.2, -0.15) is 15.4 Å². The second kappa shape index (κ2) is 6.46. The van der Waals surface area contributed by atoms with Gasteiger partial charge in [0.2, 0.25) is 0 Å². The van der Waals surface area contributed by atoms with Crippen molar-refractivity contribution in [1.29, 1.82) is 0 Å². The van der Waals surface area contributed by atoms with Gasteiger partial charge in [0.1, 0.15) is 0 Å². The van der Waals surface area contributed by atoms with Gasteiger partial charge in [-0.1, -0.05) is 0 Å². The summed E-state index contributed by atoms with van der Waals surface area (Å²) in [7, 11) is 0. The summed E-state index contributed by atoms with van der Waals surface area (Å²) in [6.07, 6.45) is 3.67. The zero-order valence-corrected chi connectivity index (χ0v) is 10.5. The van der Waals surface area contributed by atoms with Crippen LogP contribution in [0.15, 0.2) is 6.20 Å². The molecule has 3 N–H and O–H groups in total. The first-order valence-electron chi connectivity index (χ1n) is 6.38. The fourth-order valence-electron chi connectivity index (χ4n) is 2.12. The highest BCUT2D eigenvalue weighted by atomic mass is 16.2. The Kier molecular flexibility index (Phi) is 4.66. The summed E-state index contributed by atoms with van der Waals surface area (Å²) in [4.78, 5) is 16.2. The molecule has 1 amide bonds. The number of hydrogen-bond donors (Lipinski definition) is 2. The van der Waals surface area contributed by atoms with Gasteiger partial charge in [0.15, 0.2) is 5.69 Å². The number of hydrogen-bond acceptors (Lipinski definition) is 5. The average molecular weight is 252 g/mol. The van der Waals surface area contributed by atoms with Gasteiger partial charge in [-0.05, 0) is 25.9 Å². The van der Waals surface area contributed by atoms with Crippen molar-refractivity contribution >= 4 is 5.91 Å². The fourth-order valence-corrected chi connectivity index (χ4v) is 2.12. The summed E-state index contributed by atoms with van der Waals surface area (Å²) in [5, 5.41) is 9.94. The van der Waals surface area contributed by atoms with Gasteiger partial charge < -0.3 is 10.6 Å². The SMILES string of the molecule is NCCCCN1CCN(C(=O)c2cn[nH]n2)CC1. The van der Waals surface area contributed by atoms with Gasteiger partial charge in [-0.25, -0.2) is 0 Å². The summed E-state index contributed by atoms with van der Waals surface area (Å²) < 4.78 is 0. The number of nitrogens with zero attached hydrogens (tertiary/aromatic N) is 4. The van der Waals surface area contributed by atoms with Crippen LogP contribution in [0.5, 0.6) is 0 Å². The van der Waals surface area contributed by atoms with Gasteiger partial charge in [0.05, 0.1) is 6.20 Å². The molecule has 0 aromatic carbocycles. The van der Waals surface area contributed by atoms with Crippen LogP contribution in [0.2, 0.25) is 0 Å². The highest BCUT2D eigenvalue weighted by Gasteiger charge is 2.23. The Morgan fingerprint density at radius 3 is 2.72 bits per heavy atom. The van der Waals surface area contributed by atoms with E-state index in [2.05, 4.69) is 20.3 Å². The predicted molar refractivity (Wildman–Crippen MR) is 67.0 cm³/mol. The average Bonchev–Trinajstić information content (AvgIpc) is 2.93. The molecule has 1 aromatic rings. The number of aromatic amines is 1. The van der Waals surface area contributed by atoms with E-state index in [-0.39, 0.29) is 5.91 Å². The van der Waals surface area contributed by atoms with E-state index in [9.17, 15) is 4.79 Å². The van der Waals surface area contributed by atoms with E-state index >= 15 is 0 Å². The van der Waals surface area contributed by atoms with Crippen LogP contribution in [0, 0.1) is 0 Å². The number of nitrogens with one attached hydrogen (secondary N) is 1. The van der Waals surface area contributed by atoms with E-state index in [1.54, 1.807) is 0 Å². The van der Waals surface area contributed by atoms with Gasteiger partial charge in [-0.3, -0.25) is 9.69 Å². The molecule has 0 bridgehead atoms. The lowest BCUT2D eigenvalue weighted by atomic mass is 10.2. The van der Waals surface area contributed by atoms with Crippen LogP contribution in [-0.4, -0.2) is 70.4 Å². The maximum absolute atomic E-state index is 12.0. The monoisotopic (exact) mass is 252 g/mol. The van der Waals surface area contributed by atoms with E-state index in [4.69, 9.17) is 5.73 Å². The second-order valence-corrected chi connectivity index (χ2v) is 4.48. The number of piperazine rings is 1. The molecule has 2 heterocycles. The van der Waals surface area contributed by atoms with E-state index in [0.717, 1.165) is 52.1 Å². The molecule has 0 spiro atoms. The number of carbonyl (C=O) groups excluding carboxylic acids is 1. The van der Waals surface area contributed by atoms with Crippen LogP contribution in [-0.2, 0) is 0 Å². The fraction of sp³-hybridized carbons (Fsp3) is 0.727. The first-order valence-corrected chi connectivity index (χ1v) is 6.38. The van der Waals surface area contributed by atoms with Crippen molar-refractivity contribution < 1.29 is 4.79 Å². The first kappa shape index (κ1) is 13.0. The number of carbonyl (C=O) groups is 1. The molecular weight excluding hydrogens is 232 g/mol. The van der Waals surface area contributed by atoms with Crippen LogP contribution in [0.4, 0.5) is 0 Å². The van der Waals surface area contributed by atoms with Crippen LogP contribution in [0.1, 0.15) is 23.3 Å². The van der Waals surface area contributed by atoms with Crippen molar-refractivity contribution in [1.82, 2.24) is 25.2 Å². The molecule has 100 valence electrons. The minimum Gasteiger partial charge on any atom is -0.335 e. The normalized spacial score (nSPS) is 17.1. The highest BCUT2D eigenvalue weighted by Crippen LogP contribution is 2.06. The molecule has 7 heteroatoms. The van der Waals surface area contributed by atoms with E-state index < -0.39 is 0 Å². The maximum Gasteiger partial charge on any atom is 0.276 e. The molecule has 0 saturated carbocycles. The van der Waals surface area contributed by atoms with Crippen LogP contribution in [0.3, 0.4) is 0 Å². The van der Waals surface area contributed by atoms with Crippen molar-refractivity contribution in [2.45, 2.75) is 12.8 Å². The lowest BCUT2D eigenvalue weighted by molar-refractivity contribution is 0.0630. The smallest absolute Gasteiger partial charge is 0.276 e. The first-order chi connectivity index (χ1) is 8.81. The molecule has 0 unspecified atom stereocenters. The molecule has 0 atom stereocenters. The molecule has 1 fully saturated rings. The van der Waals surface area contributed by atoms with Crippen molar-refractivity contribution in [3.05, 3.63) is 11.9 Å². The van der Waals surface area contributed by atoms with Crippen molar-refractivity contribution in [3.63, 3.8) is 0 Å². The lowest BCUT2D eigenvalue weighted by Gasteiger charge is -2.34. The topological polar surface area (TPSA) is 91.1 Å². The van der Waals surface area contributed by atoms with Crippen LogP contribution in [0.25, 0.3) is 0 Å². The van der Waals surface area contributed by atoms with Crippen molar-refractivity contribution in [3.8, 4) is 0 Å². The Labute approximate surface area is 106 Å². The molecule has 1 aliphatic rings. The third-order valence-electron chi connectivity index (χ3n) is 3.22. The Bertz CT molecular complexity index is 358. The Balaban J connectivity index is 1.75. The number of aromatic nitrogens is 3. The van der Waals surface area contributed by atoms with E-state index in [0.29, 0.717) is 5.69 Å². The maximum atomic E-state index is 12.0. The van der Waals surface area contributed by atoms with Gasteiger partial charge in [-0.15, -0.1) is 0 Å². The Morgan fingerprint density at radius 2 is 2.11 bits per heavy atom. The van der Waals surface area contributed by atoms with Gasteiger partial charge in [0.25, 0.3) is 5.91 Å². The van der Waals surface area contributed by atoms with Crippen LogP contribution < -0.4 is 5.73 Å². The number of H-pyrrole nitrogens is 1. The Morgan fingerprint density at radius 1 is 1.33 bits per heavy atom. The quantitative estimate of drug-likeness (QED) is 0.676. The largest absolute Gasteiger partial charge is 0.335 e. The molecule has 0 aliphatic carbocycles.